The molecule has 1 aromatic heterocycles. The fraction of sp³-hybridized carbons (Fsp3) is 0.333. The lowest BCUT2D eigenvalue weighted by Gasteiger charge is -2.34. The molecule has 1 aliphatic heterocycles. The zero-order valence-corrected chi connectivity index (χ0v) is 23.2. The largest absolute Gasteiger partial charge is 0.488 e. The summed E-state index contributed by atoms with van der Waals surface area (Å²) in [5.41, 5.74) is 1.94. The molecule has 11 heteroatoms. The third-order valence-corrected chi connectivity index (χ3v) is 7.01. The second-order valence-corrected chi connectivity index (χ2v) is 10.2. The molecule has 0 fully saturated rings. The molecule has 216 valence electrons. The van der Waals surface area contributed by atoms with Gasteiger partial charge in [0.05, 0.1) is 25.6 Å². The standard InChI is InChI=1S/C30H34FN5O5/c1-19-16-36(20(2)18-37)28(38)15-22-14-25(33-29(39)21-10-12-32-13-11-21)8-9-26(22)41-27(19)17-35(3)30(40)34-24-6-4-23(31)5-7-24/h4-14,19-20,27,37H,15-18H2,1-3H3,(H,33,39)(H,34,40)/t19-,20+,27-/m0/s1. The SMILES string of the molecule is C[C@H](CO)N1C[C@H](C)[C@H](CN(C)C(=O)Nc2ccc(F)cc2)Oc2ccc(NC(=O)c3ccncc3)cc2CC1=O. The maximum Gasteiger partial charge on any atom is 0.321 e. The summed E-state index contributed by atoms with van der Waals surface area (Å²) in [6.07, 6.45) is 2.54. The van der Waals surface area contributed by atoms with E-state index in [-0.39, 0.29) is 37.3 Å². The third kappa shape index (κ3) is 7.57. The molecule has 4 rings (SSSR count). The number of nitrogens with one attached hydrogen (secondary N) is 2. The van der Waals surface area contributed by atoms with Crippen LogP contribution in [0.4, 0.5) is 20.6 Å². The summed E-state index contributed by atoms with van der Waals surface area (Å²) in [5.74, 6) is -0.671. The molecule has 41 heavy (non-hydrogen) atoms. The summed E-state index contributed by atoms with van der Waals surface area (Å²) in [6, 6.07) is 12.9. The zero-order chi connectivity index (χ0) is 29.5. The highest BCUT2D eigenvalue weighted by molar-refractivity contribution is 6.04. The first-order chi connectivity index (χ1) is 19.6. The lowest BCUT2D eigenvalue weighted by atomic mass is 10.0. The number of halogens is 1. The molecule has 0 spiro atoms. The molecular formula is C30H34FN5O5. The van der Waals surface area contributed by atoms with Gasteiger partial charge in [-0.25, -0.2) is 9.18 Å². The van der Waals surface area contributed by atoms with Crippen LogP contribution < -0.4 is 15.4 Å². The van der Waals surface area contributed by atoms with E-state index in [1.54, 1.807) is 49.2 Å². The Labute approximate surface area is 238 Å². The number of aromatic nitrogens is 1. The number of carbonyl (C=O) groups excluding carboxylic acids is 3. The van der Waals surface area contributed by atoms with Crippen molar-refractivity contribution in [3.63, 3.8) is 0 Å². The smallest absolute Gasteiger partial charge is 0.321 e. The van der Waals surface area contributed by atoms with Crippen molar-refractivity contribution in [2.45, 2.75) is 32.4 Å². The van der Waals surface area contributed by atoms with Crippen molar-refractivity contribution in [1.29, 1.82) is 0 Å². The Hall–Kier alpha value is -4.51. The van der Waals surface area contributed by atoms with E-state index in [2.05, 4.69) is 15.6 Å². The fourth-order valence-corrected chi connectivity index (χ4v) is 4.54. The second-order valence-electron chi connectivity index (χ2n) is 10.2. The Kier molecular flexibility index (Phi) is 9.51. The van der Waals surface area contributed by atoms with Crippen LogP contribution >= 0.6 is 0 Å². The molecule has 0 saturated carbocycles. The minimum Gasteiger partial charge on any atom is -0.488 e. The van der Waals surface area contributed by atoms with Crippen molar-refractivity contribution in [3.8, 4) is 5.75 Å². The summed E-state index contributed by atoms with van der Waals surface area (Å²) in [6.45, 7) is 3.97. The van der Waals surface area contributed by atoms with Crippen LogP contribution in [0.3, 0.4) is 0 Å². The van der Waals surface area contributed by atoms with Crippen molar-refractivity contribution < 1.29 is 28.6 Å². The summed E-state index contributed by atoms with van der Waals surface area (Å²) in [5, 5.41) is 15.4. The average Bonchev–Trinajstić information content (AvgIpc) is 3.01. The van der Waals surface area contributed by atoms with E-state index in [9.17, 15) is 23.9 Å². The van der Waals surface area contributed by atoms with E-state index >= 15 is 0 Å². The molecule has 3 atom stereocenters. The van der Waals surface area contributed by atoms with Gasteiger partial charge >= 0.3 is 6.03 Å². The number of nitrogens with zero attached hydrogens (tertiary/aromatic N) is 3. The van der Waals surface area contributed by atoms with E-state index < -0.39 is 24.0 Å². The van der Waals surface area contributed by atoms with E-state index in [0.717, 1.165) is 0 Å². The highest BCUT2D eigenvalue weighted by atomic mass is 19.1. The van der Waals surface area contributed by atoms with Gasteiger partial charge < -0.3 is 30.3 Å². The Balaban J connectivity index is 1.58. The summed E-state index contributed by atoms with van der Waals surface area (Å²) >= 11 is 0. The van der Waals surface area contributed by atoms with E-state index in [4.69, 9.17) is 4.74 Å². The molecule has 0 bridgehead atoms. The van der Waals surface area contributed by atoms with Gasteiger partial charge in [-0.05, 0) is 61.5 Å². The lowest BCUT2D eigenvalue weighted by Crippen LogP contribution is -2.48. The minimum absolute atomic E-state index is 0.00102. The molecule has 10 nitrogen and oxygen atoms in total. The van der Waals surface area contributed by atoms with Crippen LogP contribution in [0.1, 0.15) is 29.8 Å². The second kappa shape index (κ2) is 13.2. The van der Waals surface area contributed by atoms with Gasteiger partial charge in [0.1, 0.15) is 17.7 Å². The van der Waals surface area contributed by atoms with Crippen LogP contribution in [-0.4, -0.2) is 76.6 Å². The molecule has 1 aliphatic rings. The van der Waals surface area contributed by atoms with Gasteiger partial charge in [-0.3, -0.25) is 14.6 Å². The topological polar surface area (TPSA) is 124 Å². The number of likely N-dealkylation sites (N-methyl/N-ethyl adjacent to an activating group) is 1. The number of fused-ring (bicyclic) bond motifs is 1. The number of benzene rings is 2. The van der Waals surface area contributed by atoms with Gasteiger partial charge in [0.25, 0.3) is 5.91 Å². The third-order valence-electron chi connectivity index (χ3n) is 7.01. The predicted molar refractivity (Wildman–Crippen MR) is 152 cm³/mol. The number of pyridine rings is 1. The number of urea groups is 1. The van der Waals surface area contributed by atoms with Crippen molar-refractivity contribution in [2.24, 2.45) is 5.92 Å². The monoisotopic (exact) mass is 563 g/mol. The minimum atomic E-state index is -0.519. The average molecular weight is 564 g/mol. The molecule has 0 unspecified atom stereocenters. The molecule has 0 aliphatic carbocycles. The van der Waals surface area contributed by atoms with Gasteiger partial charge in [0.15, 0.2) is 0 Å². The van der Waals surface area contributed by atoms with E-state index in [1.807, 2.05) is 6.92 Å². The molecule has 3 N–H and O–H groups in total. The Morgan fingerprint density at radius 2 is 1.80 bits per heavy atom. The first kappa shape index (κ1) is 29.5. The number of hydrogen-bond donors (Lipinski definition) is 3. The number of aliphatic hydroxyl groups excluding tert-OH is 1. The van der Waals surface area contributed by atoms with Crippen LogP contribution in [0.5, 0.6) is 5.75 Å². The quantitative estimate of drug-likeness (QED) is 0.402. The summed E-state index contributed by atoms with van der Waals surface area (Å²) in [7, 11) is 1.62. The zero-order valence-electron chi connectivity index (χ0n) is 23.2. The van der Waals surface area contributed by atoms with Crippen LogP contribution in [0.25, 0.3) is 0 Å². The van der Waals surface area contributed by atoms with Crippen molar-refractivity contribution in [1.82, 2.24) is 14.8 Å². The number of ether oxygens (including phenoxy) is 1. The van der Waals surface area contributed by atoms with Crippen LogP contribution in [-0.2, 0) is 11.2 Å². The Morgan fingerprint density at radius 3 is 2.49 bits per heavy atom. The summed E-state index contributed by atoms with van der Waals surface area (Å²) < 4.78 is 19.7. The van der Waals surface area contributed by atoms with Crippen molar-refractivity contribution >= 4 is 29.2 Å². The predicted octanol–water partition coefficient (Wildman–Crippen LogP) is 3.79. The van der Waals surface area contributed by atoms with Crippen LogP contribution in [0.2, 0.25) is 0 Å². The van der Waals surface area contributed by atoms with Gasteiger partial charge in [-0.15, -0.1) is 0 Å². The first-order valence-corrected chi connectivity index (χ1v) is 13.3. The van der Waals surface area contributed by atoms with Crippen LogP contribution in [0, 0.1) is 11.7 Å². The van der Waals surface area contributed by atoms with E-state index in [0.29, 0.717) is 34.8 Å². The number of amides is 4. The normalized spacial score (nSPS) is 17.7. The molecule has 2 aromatic carbocycles. The molecular weight excluding hydrogens is 529 g/mol. The van der Waals surface area contributed by atoms with Gasteiger partial charge in [-0.1, -0.05) is 6.92 Å². The maximum atomic E-state index is 13.4. The molecule has 2 heterocycles. The van der Waals surface area contributed by atoms with Crippen LogP contribution in [0.15, 0.2) is 67.0 Å². The molecule has 0 saturated heterocycles. The number of hydrogen-bond acceptors (Lipinski definition) is 6. The molecule has 0 radical (unpaired) electrons. The highest BCUT2D eigenvalue weighted by Crippen LogP contribution is 2.29. The van der Waals surface area contributed by atoms with E-state index in [1.165, 1.54) is 41.6 Å². The van der Waals surface area contributed by atoms with Gasteiger partial charge in [0.2, 0.25) is 5.91 Å². The first-order valence-electron chi connectivity index (χ1n) is 13.3. The number of aliphatic hydroxyl groups is 1. The molecule has 3 aromatic rings. The van der Waals surface area contributed by atoms with Crippen molar-refractivity contribution in [3.05, 3.63) is 83.9 Å². The number of rotatable bonds is 7. The molecule has 4 amide bonds. The number of anilines is 2. The fourth-order valence-electron chi connectivity index (χ4n) is 4.54. The number of carbonyl (C=O) groups is 3. The lowest BCUT2D eigenvalue weighted by molar-refractivity contribution is -0.134. The Morgan fingerprint density at radius 1 is 1.12 bits per heavy atom. The Bertz CT molecular complexity index is 1370. The summed E-state index contributed by atoms with van der Waals surface area (Å²) in [4.78, 5) is 46.0. The maximum absolute atomic E-state index is 13.4. The highest BCUT2D eigenvalue weighted by Gasteiger charge is 2.32. The van der Waals surface area contributed by atoms with Gasteiger partial charge in [0, 0.05) is 54.4 Å². The van der Waals surface area contributed by atoms with Crippen molar-refractivity contribution in [2.75, 3.05) is 37.4 Å². The van der Waals surface area contributed by atoms with Gasteiger partial charge in [-0.2, -0.15) is 0 Å².